The van der Waals surface area contributed by atoms with Crippen molar-refractivity contribution in [3.05, 3.63) is 53.5 Å². The zero-order chi connectivity index (χ0) is 12.3. The summed E-state index contributed by atoms with van der Waals surface area (Å²) in [7, 11) is 0. The van der Waals surface area contributed by atoms with Crippen LogP contribution in [0, 0.1) is 6.92 Å². The number of furan rings is 1. The second-order valence-corrected chi connectivity index (χ2v) is 3.70. The first-order valence-electron chi connectivity index (χ1n) is 5.26. The lowest BCUT2D eigenvalue weighted by molar-refractivity contribution is 0.102. The molecule has 88 valence electrons. The van der Waals surface area contributed by atoms with Gasteiger partial charge in [0.2, 0.25) is 0 Å². The predicted octanol–water partition coefficient (Wildman–Crippen LogP) is 2.33. The highest BCUT2D eigenvalue weighted by molar-refractivity contribution is 6.04. The smallest absolute Gasteiger partial charge is 0.259 e. The third-order valence-corrected chi connectivity index (χ3v) is 2.50. The molecule has 1 amide bonds. The number of carbonyl (C=O) groups is 1. The number of aryl methyl sites for hydroxylation is 1. The summed E-state index contributed by atoms with van der Waals surface area (Å²) in [5, 5.41) is 11.7. The summed E-state index contributed by atoms with van der Waals surface area (Å²) >= 11 is 0. The molecule has 1 heterocycles. The van der Waals surface area contributed by atoms with E-state index in [0.717, 1.165) is 5.56 Å². The van der Waals surface area contributed by atoms with Gasteiger partial charge in [0, 0.05) is 5.69 Å². The van der Waals surface area contributed by atoms with Gasteiger partial charge >= 0.3 is 0 Å². The Labute approximate surface area is 98.9 Å². The van der Waals surface area contributed by atoms with E-state index in [-0.39, 0.29) is 12.5 Å². The van der Waals surface area contributed by atoms with Gasteiger partial charge in [-0.2, -0.15) is 0 Å². The van der Waals surface area contributed by atoms with Crippen LogP contribution in [0.2, 0.25) is 0 Å². The molecule has 17 heavy (non-hydrogen) atoms. The zero-order valence-corrected chi connectivity index (χ0v) is 9.43. The summed E-state index contributed by atoms with van der Waals surface area (Å²) in [5.74, 6) is 0.391. The summed E-state index contributed by atoms with van der Waals surface area (Å²) in [6.07, 6.45) is 1.49. The topological polar surface area (TPSA) is 62.5 Å². The summed E-state index contributed by atoms with van der Waals surface area (Å²) in [4.78, 5) is 11.8. The van der Waals surface area contributed by atoms with E-state index in [1.807, 2.05) is 0 Å². The lowest BCUT2D eigenvalue weighted by Crippen LogP contribution is -2.11. The van der Waals surface area contributed by atoms with Gasteiger partial charge in [0.1, 0.15) is 5.76 Å². The van der Waals surface area contributed by atoms with E-state index in [4.69, 9.17) is 9.52 Å². The Morgan fingerprint density at radius 1 is 1.29 bits per heavy atom. The van der Waals surface area contributed by atoms with Gasteiger partial charge < -0.3 is 14.8 Å². The molecule has 0 aliphatic heterocycles. The minimum absolute atomic E-state index is 0.00490. The lowest BCUT2D eigenvalue weighted by Gasteiger charge is -2.04. The molecule has 0 aliphatic carbocycles. The SMILES string of the molecule is Cc1occc1C(=O)Nc1ccc(CO)cc1. The second kappa shape index (κ2) is 4.84. The summed E-state index contributed by atoms with van der Waals surface area (Å²) < 4.78 is 5.07. The van der Waals surface area contributed by atoms with Crippen molar-refractivity contribution in [2.75, 3.05) is 5.32 Å². The maximum absolute atomic E-state index is 11.8. The Bertz CT molecular complexity index is 514. The van der Waals surface area contributed by atoms with E-state index in [1.54, 1.807) is 37.3 Å². The van der Waals surface area contributed by atoms with Crippen LogP contribution < -0.4 is 5.32 Å². The van der Waals surface area contributed by atoms with Gasteiger partial charge in [-0.1, -0.05) is 12.1 Å². The standard InChI is InChI=1S/C13H13NO3/c1-9-12(6-7-17-9)13(16)14-11-4-2-10(8-15)3-5-11/h2-7,15H,8H2,1H3,(H,14,16). The maximum Gasteiger partial charge on any atom is 0.259 e. The molecule has 0 radical (unpaired) electrons. The highest BCUT2D eigenvalue weighted by Gasteiger charge is 2.11. The average molecular weight is 231 g/mol. The van der Waals surface area contributed by atoms with Crippen LogP contribution in [-0.4, -0.2) is 11.0 Å². The molecule has 0 fully saturated rings. The van der Waals surface area contributed by atoms with Crippen molar-refractivity contribution < 1.29 is 14.3 Å². The molecule has 2 rings (SSSR count). The van der Waals surface area contributed by atoms with Crippen molar-refractivity contribution in [3.63, 3.8) is 0 Å². The van der Waals surface area contributed by atoms with Gasteiger partial charge in [0.25, 0.3) is 5.91 Å². The highest BCUT2D eigenvalue weighted by atomic mass is 16.3. The minimum atomic E-state index is -0.201. The van der Waals surface area contributed by atoms with Crippen LogP contribution in [-0.2, 0) is 6.61 Å². The molecule has 4 heteroatoms. The van der Waals surface area contributed by atoms with Gasteiger partial charge in [-0.15, -0.1) is 0 Å². The van der Waals surface area contributed by atoms with E-state index in [2.05, 4.69) is 5.32 Å². The predicted molar refractivity (Wildman–Crippen MR) is 63.8 cm³/mol. The van der Waals surface area contributed by atoms with Crippen LogP contribution in [0.5, 0.6) is 0 Å². The van der Waals surface area contributed by atoms with Gasteiger partial charge in [0.05, 0.1) is 18.4 Å². The van der Waals surface area contributed by atoms with Crippen molar-refractivity contribution in [1.29, 1.82) is 0 Å². The normalized spacial score (nSPS) is 10.2. The lowest BCUT2D eigenvalue weighted by atomic mass is 10.2. The second-order valence-electron chi connectivity index (χ2n) is 3.70. The number of benzene rings is 1. The van der Waals surface area contributed by atoms with E-state index in [1.165, 1.54) is 6.26 Å². The summed E-state index contributed by atoms with van der Waals surface area (Å²) in [6.45, 7) is 1.73. The van der Waals surface area contributed by atoms with Gasteiger partial charge in [-0.3, -0.25) is 4.79 Å². The van der Waals surface area contributed by atoms with Crippen molar-refractivity contribution in [2.45, 2.75) is 13.5 Å². The van der Waals surface area contributed by atoms with Crippen LogP contribution in [0.25, 0.3) is 0 Å². The number of hydrogen-bond acceptors (Lipinski definition) is 3. The molecular weight excluding hydrogens is 218 g/mol. The summed E-state index contributed by atoms with van der Waals surface area (Å²) in [6, 6.07) is 8.65. The number of aliphatic hydroxyl groups is 1. The Morgan fingerprint density at radius 2 is 2.00 bits per heavy atom. The van der Waals surface area contributed by atoms with Gasteiger partial charge in [-0.25, -0.2) is 0 Å². The summed E-state index contributed by atoms with van der Waals surface area (Å²) in [5.41, 5.74) is 2.02. The fourth-order valence-corrected chi connectivity index (χ4v) is 1.51. The van der Waals surface area contributed by atoms with Crippen LogP contribution in [0.3, 0.4) is 0 Å². The number of amides is 1. The molecule has 0 aliphatic rings. The first-order valence-corrected chi connectivity index (χ1v) is 5.26. The monoisotopic (exact) mass is 231 g/mol. The van der Waals surface area contributed by atoms with Crippen molar-refractivity contribution >= 4 is 11.6 Å². The molecule has 0 atom stereocenters. The fraction of sp³-hybridized carbons (Fsp3) is 0.154. The molecule has 2 N–H and O–H groups in total. The van der Waals surface area contributed by atoms with Crippen LogP contribution in [0.15, 0.2) is 41.0 Å². The molecule has 0 spiro atoms. The van der Waals surface area contributed by atoms with E-state index in [0.29, 0.717) is 17.0 Å². The molecule has 0 saturated heterocycles. The highest BCUT2D eigenvalue weighted by Crippen LogP contribution is 2.14. The van der Waals surface area contributed by atoms with E-state index >= 15 is 0 Å². The molecule has 4 nitrogen and oxygen atoms in total. The average Bonchev–Trinajstić information content (AvgIpc) is 2.76. The third kappa shape index (κ3) is 2.54. The minimum Gasteiger partial charge on any atom is -0.469 e. The van der Waals surface area contributed by atoms with Crippen molar-refractivity contribution in [2.24, 2.45) is 0 Å². The molecule has 0 unspecified atom stereocenters. The Balaban J connectivity index is 2.10. The molecule has 0 saturated carbocycles. The fourth-order valence-electron chi connectivity index (χ4n) is 1.51. The van der Waals surface area contributed by atoms with Gasteiger partial charge in [-0.05, 0) is 30.7 Å². The Morgan fingerprint density at radius 3 is 2.53 bits per heavy atom. The Hall–Kier alpha value is -2.07. The Kier molecular flexibility index (Phi) is 3.25. The van der Waals surface area contributed by atoms with Crippen LogP contribution in [0.1, 0.15) is 21.7 Å². The first-order chi connectivity index (χ1) is 8.20. The van der Waals surface area contributed by atoms with Crippen molar-refractivity contribution in [3.8, 4) is 0 Å². The third-order valence-electron chi connectivity index (χ3n) is 2.50. The van der Waals surface area contributed by atoms with Gasteiger partial charge in [0.15, 0.2) is 0 Å². The number of hydrogen-bond donors (Lipinski definition) is 2. The van der Waals surface area contributed by atoms with Crippen LogP contribution in [0.4, 0.5) is 5.69 Å². The first kappa shape index (κ1) is 11.4. The molecule has 2 aromatic rings. The number of anilines is 1. The quantitative estimate of drug-likeness (QED) is 0.852. The molecule has 0 bridgehead atoms. The maximum atomic E-state index is 11.8. The number of aliphatic hydroxyl groups excluding tert-OH is 1. The number of nitrogens with one attached hydrogen (secondary N) is 1. The number of rotatable bonds is 3. The van der Waals surface area contributed by atoms with E-state index < -0.39 is 0 Å². The van der Waals surface area contributed by atoms with Crippen LogP contribution >= 0.6 is 0 Å². The zero-order valence-electron chi connectivity index (χ0n) is 9.43. The number of carbonyl (C=O) groups excluding carboxylic acids is 1. The molecule has 1 aromatic carbocycles. The van der Waals surface area contributed by atoms with Crippen molar-refractivity contribution in [1.82, 2.24) is 0 Å². The molecule has 1 aromatic heterocycles. The van der Waals surface area contributed by atoms with E-state index in [9.17, 15) is 4.79 Å². The molecular formula is C13H13NO3. The largest absolute Gasteiger partial charge is 0.469 e.